The summed E-state index contributed by atoms with van der Waals surface area (Å²) in [5, 5.41) is 0. The number of hydrogen-bond donors (Lipinski definition) is 1. The lowest BCUT2D eigenvalue weighted by Crippen LogP contribution is -2.60. The van der Waals surface area contributed by atoms with Gasteiger partial charge in [0.25, 0.3) is 0 Å². The molecule has 4 rings (SSSR count). The van der Waals surface area contributed by atoms with Crippen LogP contribution in [0.25, 0.3) is 0 Å². The van der Waals surface area contributed by atoms with E-state index in [2.05, 4.69) is 47.1 Å². The number of amides is 1. The van der Waals surface area contributed by atoms with Crippen molar-refractivity contribution in [2.45, 2.75) is 75.8 Å². The standard InChI is InChI=1S/C24H38N4O/c1-23(12-7-2-3-8-13-23)27-18-14-24(15-19-27)22(29)26(17-9-16-25)20-28(24)21-10-5-4-6-11-21/h4-6,10-11H,2-3,7-9,12-20,25H2,1H3. The van der Waals surface area contributed by atoms with E-state index < -0.39 is 0 Å². The zero-order valence-electron chi connectivity index (χ0n) is 18.1. The van der Waals surface area contributed by atoms with Gasteiger partial charge in [0.2, 0.25) is 5.91 Å². The summed E-state index contributed by atoms with van der Waals surface area (Å²) in [6.07, 6.45) is 10.8. The van der Waals surface area contributed by atoms with Gasteiger partial charge in [-0.3, -0.25) is 9.69 Å². The number of nitrogens with two attached hydrogens (primary N) is 1. The minimum Gasteiger partial charge on any atom is -0.339 e. The van der Waals surface area contributed by atoms with Crippen molar-refractivity contribution in [1.82, 2.24) is 9.80 Å². The highest BCUT2D eigenvalue weighted by molar-refractivity contribution is 5.93. The molecule has 0 atom stereocenters. The van der Waals surface area contributed by atoms with Crippen LogP contribution in [0, 0.1) is 0 Å². The zero-order valence-corrected chi connectivity index (χ0v) is 18.1. The number of hydrogen-bond acceptors (Lipinski definition) is 4. The lowest BCUT2D eigenvalue weighted by atomic mass is 9.81. The van der Waals surface area contributed by atoms with Crippen LogP contribution in [0.3, 0.4) is 0 Å². The highest BCUT2D eigenvalue weighted by atomic mass is 16.2. The second-order valence-electron chi connectivity index (χ2n) is 9.55. The Bertz CT molecular complexity index is 675. The largest absolute Gasteiger partial charge is 0.339 e. The van der Waals surface area contributed by atoms with Crippen molar-refractivity contribution < 1.29 is 4.79 Å². The van der Waals surface area contributed by atoms with Gasteiger partial charge >= 0.3 is 0 Å². The second kappa shape index (κ2) is 8.65. The molecular formula is C24H38N4O. The fourth-order valence-electron chi connectivity index (χ4n) is 5.88. The zero-order chi connectivity index (χ0) is 20.3. The topological polar surface area (TPSA) is 52.8 Å². The number of nitrogens with zero attached hydrogens (tertiary/aromatic N) is 3. The molecule has 5 heteroatoms. The van der Waals surface area contributed by atoms with E-state index in [1.165, 1.54) is 44.2 Å². The first-order valence-corrected chi connectivity index (χ1v) is 11.7. The molecule has 0 radical (unpaired) electrons. The number of carbonyl (C=O) groups excluding carboxylic acids is 1. The Morgan fingerprint density at radius 1 is 0.966 bits per heavy atom. The molecule has 29 heavy (non-hydrogen) atoms. The second-order valence-corrected chi connectivity index (χ2v) is 9.55. The van der Waals surface area contributed by atoms with Gasteiger partial charge < -0.3 is 15.5 Å². The first-order valence-electron chi connectivity index (χ1n) is 11.7. The summed E-state index contributed by atoms with van der Waals surface area (Å²) in [6.45, 7) is 6.61. The Hall–Kier alpha value is -1.59. The number of para-hydroxylation sites is 1. The highest BCUT2D eigenvalue weighted by Gasteiger charge is 2.54. The van der Waals surface area contributed by atoms with Crippen LogP contribution in [0.15, 0.2) is 30.3 Å². The predicted octanol–water partition coefficient (Wildman–Crippen LogP) is 3.59. The number of piperidine rings is 1. The third-order valence-corrected chi connectivity index (χ3v) is 7.75. The molecule has 2 saturated heterocycles. The smallest absolute Gasteiger partial charge is 0.250 e. The number of benzene rings is 1. The first-order chi connectivity index (χ1) is 14.1. The molecule has 1 aromatic carbocycles. The van der Waals surface area contributed by atoms with E-state index in [9.17, 15) is 4.79 Å². The van der Waals surface area contributed by atoms with Crippen molar-refractivity contribution >= 4 is 11.6 Å². The molecule has 3 fully saturated rings. The van der Waals surface area contributed by atoms with Gasteiger partial charge in [0.1, 0.15) is 5.54 Å². The molecule has 1 spiro atoms. The summed E-state index contributed by atoms with van der Waals surface area (Å²) in [4.78, 5) is 20.8. The highest BCUT2D eigenvalue weighted by Crippen LogP contribution is 2.42. The summed E-state index contributed by atoms with van der Waals surface area (Å²) in [6, 6.07) is 10.5. The van der Waals surface area contributed by atoms with Crippen LogP contribution in [0.5, 0.6) is 0 Å². The van der Waals surface area contributed by atoms with Crippen molar-refractivity contribution in [3.63, 3.8) is 0 Å². The molecule has 160 valence electrons. The Kier molecular flexibility index (Phi) is 6.16. The molecule has 0 unspecified atom stereocenters. The average molecular weight is 399 g/mol. The third-order valence-electron chi connectivity index (χ3n) is 7.75. The van der Waals surface area contributed by atoms with Gasteiger partial charge in [-0.1, -0.05) is 43.9 Å². The molecule has 2 aliphatic heterocycles. The van der Waals surface area contributed by atoms with Crippen molar-refractivity contribution in [2.75, 3.05) is 37.7 Å². The average Bonchev–Trinajstić information content (AvgIpc) is 2.89. The van der Waals surface area contributed by atoms with Gasteiger partial charge in [0.05, 0.1) is 6.67 Å². The third kappa shape index (κ3) is 3.91. The van der Waals surface area contributed by atoms with Crippen LogP contribution in [0.1, 0.15) is 64.7 Å². The minimum absolute atomic E-state index is 0.316. The summed E-state index contributed by atoms with van der Waals surface area (Å²) in [5.41, 5.74) is 6.84. The molecule has 3 aliphatic rings. The quantitative estimate of drug-likeness (QED) is 0.770. The Morgan fingerprint density at radius 2 is 1.62 bits per heavy atom. The normalized spacial score (nSPS) is 24.8. The van der Waals surface area contributed by atoms with E-state index in [0.717, 1.165) is 38.9 Å². The molecule has 0 bridgehead atoms. The summed E-state index contributed by atoms with van der Waals surface area (Å²) >= 11 is 0. The van der Waals surface area contributed by atoms with Crippen molar-refractivity contribution in [3.8, 4) is 0 Å². The lowest BCUT2D eigenvalue weighted by Gasteiger charge is -2.49. The van der Waals surface area contributed by atoms with Crippen molar-refractivity contribution in [2.24, 2.45) is 5.73 Å². The molecule has 2 N–H and O–H groups in total. The molecule has 5 nitrogen and oxygen atoms in total. The number of rotatable bonds is 5. The Morgan fingerprint density at radius 3 is 2.24 bits per heavy atom. The first kappa shape index (κ1) is 20.7. The van der Waals surface area contributed by atoms with E-state index in [1.807, 2.05) is 4.90 Å². The summed E-state index contributed by atoms with van der Waals surface area (Å²) in [5.74, 6) is 0.320. The van der Waals surface area contributed by atoms with Gasteiger partial charge in [0, 0.05) is 30.9 Å². The Balaban J connectivity index is 1.55. The van der Waals surface area contributed by atoms with E-state index in [1.54, 1.807) is 0 Å². The predicted molar refractivity (Wildman–Crippen MR) is 119 cm³/mol. The molecule has 1 aliphatic carbocycles. The van der Waals surface area contributed by atoms with Gasteiger partial charge in [-0.2, -0.15) is 0 Å². The van der Waals surface area contributed by atoms with Crippen LogP contribution in [0.2, 0.25) is 0 Å². The Labute approximate surface area is 176 Å². The van der Waals surface area contributed by atoms with Crippen LogP contribution in [-0.4, -0.2) is 59.6 Å². The molecule has 2 heterocycles. The van der Waals surface area contributed by atoms with Crippen molar-refractivity contribution in [3.05, 3.63) is 30.3 Å². The SMILES string of the molecule is CC1(N2CCC3(CC2)C(=O)N(CCCN)CN3c2ccccc2)CCCCCC1. The molecule has 0 aromatic heterocycles. The number of carbonyl (C=O) groups is 1. The van der Waals surface area contributed by atoms with Crippen LogP contribution in [0.4, 0.5) is 5.69 Å². The van der Waals surface area contributed by atoms with Gasteiger partial charge in [0.15, 0.2) is 0 Å². The van der Waals surface area contributed by atoms with E-state index >= 15 is 0 Å². The van der Waals surface area contributed by atoms with E-state index in [4.69, 9.17) is 5.73 Å². The van der Waals surface area contributed by atoms with E-state index in [-0.39, 0.29) is 5.54 Å². The molecule has 1 saturated carbocycles. The van der Waals surface area contributed by atoms with Gasteiger partial charge in [-0.25, -0.2) is 0 Å². The molecular weight excluding hydrogens is 360 g/mol. The van der Waals surface area contributed by atoms with Crippen LogP contribution < -0.4 is 10.6 Å². The maximum absolute atomic E-state index is 13.6. The van der Waals surface area contributed by atoms with Crippen molar-refractivity contribution in [1.29, 1.82) is 0 Å². The van der Waals surface area contributed by atoms with Gasteiger partial charge in [-0.05, 0) is 57.7 Å². The van der Waals surface area contributed by atoms with Crippen LogP contribution in [-0.2, 0) is 4.79 Å². The lowest BCUT2D eigenvalue weighted by molar-refractivity contribution is -0.134. The maximum atomic E-state index is 13.6. The minimum atomic E-state index is -0.381. The fraction of sp³-hybridized carbons (Fsp3) is 0.708. The van der Waals surface area contributed by atoms with Gasteiger partial charge in [-0.15, -0.1) is 0 Å². The summed E-state index contributed by atoms with van der Waals surface area (Å²) < 4.78 is 0. The fourth-order valence-corrected chi connectivity index (χ4v) is 5.88. The van der Waals surface area contributed by atoms with Crippen LogP contribution >= 0.6 is 0 Å². The summed E-state index contributed by atoms with van der Waals surface area (Å²) in [7, 11) is 0. The maximum Gasteiger partial charge on any atom is 0.250 e. The van der Waals surface area contributed by atoms with E-state index in [0.29, 0.717) is 24.7 Å². The number of likely N-dealkylation sites (tertiary alicyclic amines) is 1. The number of anilines is 1. The molecule has 1 amide bonds. The monoisotopic (exact) mass is 398 g/mol. The molecule has 1 aromatic rings.